The zero-order valence-corrected chi connectivity index (χ0v) is 13.0. The Morgan fingerprint density at radius 3 is 3.14 bits per heavy atom. The molecule has 5 heteroatoms. The number of piperidine rings is 1. The van der Waals surface area contributed by atoms with Gasteiger partial charge in [-0.05, 0) is 48.1 Å². The van der Waals surface area contributed by atoms with Crippen LogP contribution in [0.4, 0.5) is 0 Å². The van der Waals surface area contributed by atoms with Gasteiger partial charge in [-0.2, -0.15) is 11.3 Å². The molecule has 0 unspecified atom stereocenters. The van der Waals surface area contributed by atoms with Crippen LogP contribution in [0.5, 0.6) is 0 Å². The van der Waals surface area contributed by atoms with E-state index >= 15 is 0 Å². The first-order chi connectivity index (χ1) is 10.3. The number of aromatic nitrogens is 2. The molecule has 1 amide bonds. The van der Waals surface area contributed by atoms with Gasteiger partial charge in [-0.1, -0.05) is 0 Å². The highest BCUT2D eigenvalue weighted by Crippen LogP contribution is 2.22. The van der Waals surface area contributed by atoms with Crippen molar-refractivity contribution in [3.8, 4) is 0 Å². The summed E-state index contributed by atoms with van der Waals surface area (Å²) in [4.78, 5) is 18.7. The van der Waals surface area contributed by atoms with E-state index in [9.17, 15) is 4.79 Å². The molecule has 0 radical (unpaired) electrons. The van der Waals surface area contributed by atoms with Crippen LogP contribution in [0, 0.1) is 0 Å². The van der Waals surface area contributed by atoms with Crippen molar-refractivity contribution in [1.82, 2.24) is 14.5 Å². The summed E-state index contributed by atoms with van der Waals surface area (Å²) < 4.78 is 2.09. The Balaban J connectivity index is 1.59. The fraction of sp³-hybridized carbons (Fsp3) is 0.500. The van der Waals surface area contributed by atoms with Gasteiger partial charge in [0, 0.05) is 31.5 Å². The van der Waals surface area contributed by atoms with E-state index in [1.807, 2.05) is 24.0 Å². The molecule has 0 spiro atoms. The van der Waals surface area contributed by atoms with Gasteiger partial charge < -0.3 is 9.47 Å². The molecule has 1 saturated heterocycles. The number of aryl methyl sites for hydroxylation is 1. The molecule has 1 atom stereocenters. The largest absolute Gasteiger partial charge is 0.339 e. The number of likely N-dealkylation sites (tertiary alicyclic amines) is 1. The van der Waals surface area contributed by atoms with Gasteiger partial charge in [-0.15, -0.1) is 0 Å². The van der Waals surface area contributed by atoms with Gasteiger partial charge in [0.05, 0.1) is 12.7 Å². The van der Waals surface area contributed by atoms with Crippen LogP contribution in [-0.2, 0) is 17.8 Å². The maximum atomic E-state index is 12.5. The lowest BCUT2D eigenvalue weighted by Gasteiger charge is -2.36. The average molecular weight is 303 g/mol. The smallest absolute Gasteiger partial charge is 0.227 e. The lowest BCUT2D eigenvalue weighted by atomic mass is 9.98. The molecule has 0 aliphatic carbocycles. The number of imidazole rings is 1. The molecule has 1 aliphatic rings. The van der Waals surface area contributed by atoms with Crippen LogP contribution in [0.25, 0.3) is 0 Å². The minimum atomic E-state index is 0.281. The number of carbonyl (C=O) groups is 1. The Morgan fingerprint density at radius 1 is 1.43 bits per heavy atom. The monoisotopic (exact) mass is 303 g/mol. The molecule has 0 N–H and O–H groups in total. The topological polar surface area (TPSA) is 38.1 Å². The third kappa shape index (κ3) is 3.73. The molecule has 1 aliphatic heterocycles. The van der Waals surface area contributed by atoms with E-state index in [0.717, 1.165) is 37.9 Å². The molecular weight excluding hydrogens is 282 g/mol. The van der Waals surface area contributed by atoms with E-state index in [-0.39, 0.29) is 5.91 Å². The van der Waals surface area contributed by atoms with Crippen molar-refractivity contribution in [2.75, 3.05) is 6.54 Å². The number of thiophene rings is 1. The summed E-state index contributed by atoms with van der Waals surface area (Å²) >= 11 is 1.66. The zero-order valence-electron chi connectivity index (χ0n) is 12.1. The van der Waals surface area contributed by atoms with Crippen LogP contribution >= 0.6 is 11.3 Å². The summed E-state index contributed by atoms with van der Waals surface area (Å²) in [6, 6.07) is 2.43. The molecule has 2 aromatic rings. The SMILES string of the molecule is O=C(Cc1ccsc1)N1CCCC[C@@H]1CCn1ccnc1. The van der Waals surface area contributed by atoms with Crippen molar-refractivity contribution in [3.63, 3.8) is 0 Å². The van der Waals surface area contributed by atoms with E-state index in [1.165, 1.54) is 6.42 Å². The molecule has 2 aromatic heterocycles. The molecule has 1 fully saturated rings. The minimum absolute atomic E-state index is 0.281. The third-order valence-corrected chi connectivity index (χ3v) is 4.89. The van der Waals surface area contributed by atoms with Gasteiger partial charge in [0.25, 0.3) is 0 Å². The van der Waals surface area contributed by atoms with Gasteiger partial charge >= 0.3 is 0 Å². The van der Waals surface area contributed by atoms with Crippen molar-refractivity contribution in [1.29, 1.82) is 0 Å². The lowest BCUT2D eigenvalue weighted by molar-refractivity contribution is -0.134. The third-order valence-electron chi connectivity index (χ3n) is 4.16. The van der Waals surface area contributed by atoms with Crippen LogP contribution in [0.2, 0.25) is 0 Å². The van der Waals surface area contributed by atoms with Crippen LogP contribution in [-0.4, -0.2) is 32.9 Å². The predicted molar refractivity (Wildman–Crippen MR) is 84.2 cm³/mol. The van der Waals surface area contributed by atoms with Crippen molar-refractivity contribution in [2.24, 2.45) is 0 Å². The quantitative estimate of drug-likeness (QED) is 0.851. The molecule has 0 saturated carbocycles. The average Bonchev–Trinajstić information content (AvgIpc) is 3.18. The summed E-state index contributed by atoms with van der Waals surface area (Å²) in [6.07, 6.45) is 10.7. The second-order valence-corrected chi connectivity index (χ2v) is 6.41. The summed E-state index contributed by atoms with van der Waals surface area (Å²) in [5.74, 6) is 0.281. The molecule has 21 heavy (non-hydrogen) atoms. The van der Waals surface area contributed by atoms with Crippen LogP contribution in [0.3, 0.4) is 0 Å². The van der Waals surface area contributed by atoms with Crippen LogP contribution < -0.4 is 0 Å². The number of hydrogen-bond donors (Lipinski definition) is 0. The van der Waals surface area contributed by atoms with Gasteiger partial charge in [0.15, 0.2) is 0 Å². The summed E-state index contributed by atoms with van der Waals surface area (Å²) in [6.45, 7) is 1.85. The maximum Gasteiger partial charge on any atom is 0.227 e. The van der Waals surface area contributed by atoms with Crippen molar-refractivity contribution in [3.05, 3.63) is 41.1 Å². The molecule has 0 bridgehead atoms. The Kier molecular flexibility index (Phi) is 4.70. The Hall–Kier alpha value is -1.62. The van der Waals surface area contributed by atoms with Crippen LogP contribution in [0.1, 0.15) is 31.2 Å². The fourth-order valence-corrected chi connectivity index (χ4v) is 3.68. The summed E-state index contributed by atoms with van der Waals surface area (Å²) in [5.41, 5.74) is 1.14. The lowest BCUT2D eigenvalue weighted by Crippen LogP contribution is -2.44. The first kappa shape index (κ1) is 14.3. The van der Waals surface area contributed by atoms with E-state index in [2.05, 4.69) is 19.8 Å². The second kappa shape index (κ2) is 6.89. The van der Waals surface area contributed by atoms with Crippen molar-refractivity contribution < 1.29 is 4.79 Å². The highest BCUT2D eigenvalue weighted by atomic mass is 32.1. The first-order valence-electron chi connectivity index (χ1n) is 7.59. The van der Waals surface area contributed by atoms with Gasteiger partial charge in [-0.25, -0.2) is 4.98 Å². The molecule has 4 nitrogen and oxygen atoms in total. The zero-order chi connectivity index (χ0) is 14.5. The summed E-state index contributed by atoms with van der Waals surface area (Å²) in [7, 11) is 0. The van der Waals surface area contributed by atoms with E-state index in [1.54, 1.807) is 17.5 Å². The van der Waals surface area contributed by atoms with E-state index < -0.39 is 0 Å². The highest BCUT2D eigenvalue weighted by molar-refractivity contribution is 7.07. The predicted octanol–water partition coefficient (Wildman–Crippen LogP) is 2.96. The normalized spacial score (nSPS) is 18.9. The first-order valence-corrected chi connectivity index (χ1v) is 8.53. The second-order valence-electron chi connectivity index (χ2n) is 5.63. The number of rotatable bonds is 5. The molecule has 3 rings (SSSR count). The number of nitrogens with zero attached hydrogens (tertiary/aromatic N) is 3. The Labute approximate surface area is 129 Å². The maximum absolute atomic E-state index is 12.5. The minimum Gasteiger partial charge on any atom is -0.339 e. The van der Waals surface area contributed by atoms with Crippen molar-refractivity contribution >= 4 is 17.2 Å². The Bertz CT molecular complexity index is 550. The highest BCUT2D eigenvalue weighted by Gasteiger charge is 2.26. The van der Waals surface area contributed by atoms with Gasteiger partial charge in [-0.3, -0.25) is 4.79 Å². The van der Waals surface area contributed by atoms with E-state index in [4.69, 9.17) is 0 Å². The number of amides is 1. The number of hydrogen-bond acceptors (Lipinski definition) is 3. The van der Waals surface area contributed by atoms with E-state index in [0.29, 0.717) is 12.5 Å². The fourth-order valence-electron chi connectivity index (χ4n) is 3.02. The van der Waals surface area contributed by atoms with Crippen LogP contribution in [0.15, 0.2) is 35.5 Å². The van der Waals surface area contributed by atoms with Gasteiger partial charge in [0.2, 0.25) is 5.91 Å². The Morgan fingerprint density at radius 2 is 2.38 bits per heavy atom. The molecule has 0 aromatic carbocycles. The summed E-state index contributed by atoms with van der Waals surface area (Å²) in [5, 5.41) is 4.11. The number of carbonyl (C=O) groups excluding carboxylic acids is 1. The molecule has 3 heterocycles. The molecule has 112 valence electrons. The van der Waals surface area contributed by atoms with Crippen molar-refractivity contribution in [2.45, 2.75) is 44.7 Å². The molecular formula is C16H21N3OS. The van der Waals surface area contributed by atoms with Gasteiger partial charge in [0.1, 0.15) is 0 Å². The standard InChI is InChI=1S/C16H21N3OS/c20-16(11-14-5-10-21-12-14)19-7-2-1-3-15(19)4-8-18-9-6-17-13-18/h5-6,9-10,12-13,15H,1-4,7-8,11H2/t15-/m1/s1.